The van der Waals surface area contributed by atoms with Gasteiger partial charge in [0, 0.05) is 33.1 Å². The number of benzene rings is 6. The van der Waals surface area contributed by atoms with Gasteiger partial charge in [-0.1, -0.05) is 134 Å². The highest BCUT2D eigenvalue weighted by molar-refractivity contribution is 6.27. The van der Waals surface area contributed by atoms with Gasteiger partial charge in [-0.3, -0.25) is 0 Å². The summed E-state index contributed by atoms with van der Waals surface area (Å²) < 4.78 is 5.28. The number of nitrogens with zero attached hydrogens (tertiary/aromatic N) is 2. The molecule has 0 N–H and O–H groups in total. The maximum absolute atomic E-state index is 2.72. The molecule has 0 spiro atoms. The first kappa shape index (κ1) is 30.7. The molecule has 53 heavy (non-hydrogen) atoms. The zero-order valence-electron chi connectivity index (χ0n) is 30.4. The molecule has 2 heterocycles. The zero-order chi connectivity index (χ0) is 35.3. The highest BCUT2D eigenvalue weighted by atomic mass is 15.1. The van der Waals surface area contributed by atoms with Crippen LogP contribution in [0.2, 0.25) is 0 Å². The zero-order valence-corrected chi connectivity index (χ0v) is 30.4. The van der Waals surface area contributed by atoms with E-state index in [9.17, 15) is 0 Å². The van der Waals surface area contributed by atoms with E-state index >= 15 is 0 Å². The maximum Gasteiger partial charge on any atom is 0.0646 e. The number of allylic oxidation sites excluding steroid dienone is 5. The van der Waals surface area contributed by atoms with Crippen LogP contribution in [0.15, 0.2) is 139 Å². The van der Waals surface area contributed by atoms with Crippen molar-refractivity contribution in [1.82, 2.24) is 9.13 Å². The average Bonchev–Trinajstić information content (AvgIpc) is 3.72. The van der Waals surface area contributed by atoms with Gasteiger partial charge in [-0.2, -0.15) is 0 Å². The summed E-state index contributed by atoms with van der Waals surface area (Å²) in [6.45, 7) is 4.74. The van der Waals surface area contributed by atoms with Crippen LogP contribution in [-0.2, 0) is 18.4 Å². The van der Waals surface area contributed by atoms with Crippen molar-refractivity contribution in [3.05, 3.63) is 166 Å². The van der Waals surface area contributed by atoms with Crippen molar-refractivity contribution in [3.8, 4) is 5.69 Å². The molecule has 2 aromatic heterocycles. The average molecular weight is 683 g/mol. The van der Waals surface area contributed by atoms with E-state index < -0.39 is 0 Å². The van der Waals surface area contributed by atoms with Crippen molar-refractivity contribution in [2.75, 3.05) is 0 Å². The van der Waals surface area contributed by atoms with Gasteiger partial charge < -0.3 is 9.13 Å². The molecule has 3 aliphatic rings. The molecule has 0 saturated carbocycles. The predicted octanol–water partition coefficient (Wildman–Crippen LogP) is 11.4. The maximum atomic E-state index is 2.72. The fraction of sp³-hybridized carbons (Fsp3) is 0.176. The highest BCUT2D eigenvalue weighted by Gasteiger charge is 2.33. The predicted molar refractivity (Wildman–Crippen MR) is 226 cm³/mol. The SMILES string of the molecule is CC1C=CC(Cc2ccc3c(c2)=CCC(C)(n2c4c(c5c2ccc2c6c7ccccc7ccc6n(-c6ccc7ccccc7c6)c25)C=CCC4)C=3)=CC1. The lowest BCUT2D eigenvalue weighted by molar-refractivity contribution is 0.449. The minimum atomic E-state index is -0.198. The van der Waals surface area contributed by atoms with Crippen molar-refractivity contribution >= 4 is 72.5 Å². The van der Waals surface area contributed by atoms with E-state index in [2.05, 4.69) is 175 Å². The fourth-order valence-electron chi connectivity index (χ4n) is 9.79. The molecule has 0 fully saturated rings. The number of aromatic nitrogens is 2. The Kier molecular flexibility index (Phi) is 6.71. The van der Waals surface area contributed by atoms with E-state index in [0.717, 1.165) is 32.1 Å². The summed E-state index contributed by atoms with van der Waals surface area (Å²) in [5.74, 6) is 0.645. The van der Waals surface area contributed by atoms with Crippen LogP contribution >= 0.6 is 0 Å². The summed E-state index contributed by atoms with van der Waals surface area (Å²) >= 11 is 0. The lowest BCUT2D eigenvalue weighted by Crippen LogP contribution is -2.39. The topological polar surface area (TPSA) is 9.86 Å². The molecule has 0 saturated heterocycles. The van der Waals surface area contributed by atoms with Crippen LogP contribution < -0.4 is 10.4 Å². The molecular formula is C51H42N2. The van der Waals surface area contributed by atoms with Gasteiger partial charge >= 0.3 is 0 Å². The van der Waals surface area contributed by atoms with Crippen molar-refractivity contribution in [2.24, 2.45) is 5.92 Å². The van der Waals surface area contributed by atoms with Crippen LogP contribution in [-0.4, -0.2) is 9.13 Å². The minimum Gasteiger partial charge on any atom is -0.334 e. The molecular weight excluding hydrogens is 641 g/mol. The van der Waals surface area contributed by atoms with E-state index in [0.29, 0.717) is 5.92 Å². The molecule has 256 valence electrons. The quantitative estimate of drug-likeness (QED) is 0.175. The van der Waals surface area contributed by atoms with Crippen LogP contribution in [0.1, 0.15) is 49.9 Å². The van der Waals surface area contributed by atoms with Crippen molar-refractivity contribution in [2.45, 2.75) is 51.5 Å². The van der Waals surface area contributed by atoms with Gasteiger partial charge in [0.1, 0.15) is 0 Å². The molecule has 2 heteroatoms. The van der Waals surface area contributed by atoms with Crippen LogP contribution in [0.4, 0.5) is 0 Å². The van der Waals surface area contributed by atoms with Gasteiger partial charge in [0.25, 0.3) is 0 Å². The monoisotopic (exact) mass is 682 g/mol. The van der Waals surface area contributed by atoms with Crippen LogP contribution in [0.3, 0.4) is 0 Å². The summed E-state index contributed by atoms with van der Waals surface area (Å²) in [6.07, 6.45) is 22.2. The molecule has 0 amide bonds. The Morgan fingerprint density at radius 1 is 0.717 bits per heavy atom. The molecule has 0 aliphatic heterocycles. The van der Waals surface area contributed by atoms with Gasteiger partial charge in [-0.05, 0) is 112 Å². The molecule has 3 aliphatic carbocycles. The fourth-order valence-corrected chi connectivity index (χ4v) is 9.79. The Morgan fingerprint density at radius 2 is 1.55 bits per heavy atom. The first-order valence-corrected chi connectivity index (χ1v) is 19.4. The molecule has 0 bridgehead atoms. The molecule has 2 unspecified atom stereocenters. The first-order chi connectivity index (χ1) is 26.0. The standard InChI is InChI=1S/C51H42N2/c1-33-15-17-34(18-16-33)29-35-19-20-40-32-51(2,28-27-39(40)30-35)53-45-14-8-7-13-43(45)49-47(53)26-24-44-48-42-12-6-5-10-37(42)22-25-46(48)52(50(44)49)41-23-21-36-9-3-4-11-38(36)31-41/h3-7,9-13,15,17-27,30-33H,8,14,16,28-29H2,1-2H3. The van der Waals surface area contributed by atoms with Crippen LogP contribution in [0.25, 0.3) is 78.2 Å². The molecule has 6 aromatic carbocycles. The van der Waals surface area contributed by atoms with E-state index in [4.69, 9.17) is 0 Å². The number of hydrogen-bond donors (Lipinski definition) is 0. The minimum absolute atomic E-state index is 0.198. The molecule has 0 radical (unpaired) electrons. The summed E-state index contributed by atoms with van der Waals surface area (Å²) in [5.41, 5.74) is 10.5. The van der Waals surface area contributed by atoms with Crippen LogP contribution in [0.5, 0.6) is 0 Å². The van der Waals surface area contributed by atoms with E-state index in [1.807, 2.05) is 0 Å². The van der Waals surface area contributed by atoms with E-state index in [1.54, 1.807) is 0 Å². The Balaban J connectivity index is 1.16. The Hall–Kier alpha value is -5.86. The van der Waals surface area contributed by atoms with Crippen LogP contribution in [0, 0.1) is 5.92 Å². The third kappa shape index (κ3) is 4.71. The first-order valence-electron chi connectivity index (χ1n) is 19.4. The van der Waals surface area contributed by atoms with Gasteiger partial charge in [-0.25, -0.2) is 0 Å². The summed E-state index contributed by atoms with van der Waals surface area (Å²) in [7, 11) is 0. The molecule has 2 atom stereocenters. The largest absolute Gasteiger partial charge is 0.334 e. The summed E-state index contributed by atoms with van der Waals surface area (Å²) in [4.78, 5) is 0. The second-order valence-corrected chi connectivity index (χ2v) is 15.9. The lowest BCUT2D eigenvalue weighted by atomic mass is 9.88. The Bertz CT molecular complexity index is 3070. The van der Waals surface area contributed by atoms with Crippen molar-refractivity contribution in [1.29, 1.82) is 0 Å². The summed E-state index contributed by atoms with van der Waals surface area (Å²) in [6, 6.07) is 41.2. The van der Waals surface area contributed by atoms with Gasteiger partial charge in [0.2, 0.25) is 0 Å². The highest BCUT2D eigenvalue weighted by Crippen LogP contribution is 2.46. The molecule has 2 nitrogen and oxygen atoms in total. The molecule has 11 rings (SSSR count). The second-order valence-electron chi connectivity index (χ2n) is 15.9. The summed E-state index contributed by atoms with van der Waals surface area (Å²) in [5, 5.41) is 11.8. The van der Waals surface area contributed by atoms with E-state index in [-0.39, 0.29) is 5.54 Å². The number of hydrogen-bond acceptors (Lipinski definition) is 0. The molecule has 8 aromatic rings. The van der Waals surface area contributed by atoms with Gasteiger partial charge in [0.05, 0.1) is 22.1 Å². The van der Waals surface area contributed by atoms with Gasteiger partial charge in [0.15, 0.2) is 0 Å². The second kappa shape index (κ2) is 11.6. The van der Waals surface area contributed by atoms with Gasteiger partial charge in [-0.15, -0.1) is 0 Å². The Morgan fingerprint density at radius 3 is 2.43 bits per heavy atom. The lowest BCUT2D eigenvalue weighted by Gasteiger charge is -2.33. The van der Waals surface area contributed by atoms with Crippen molar-refractivity contribution < 1.29 is 0 Å². The smallest absolute Gasteiger partial charge is 0.0646 e. The number of rotatable bonds is 4. The van der Waals surface area contributed by atoms with Crippen molar-refractivity contribution in [3.63, 3.8) is 0 Å². The third-order valence-corrected chi connectivity index (χ3v) is 12.4. The number of fused-ring (bicyclic) bond motifs is 11. The third-order valence-electron chi connectivity index (χ3n) is 12.4. The van der Waals surface area contributed by atoms with E-state index in [1.165, 1.54) is 92.8 Å². The Labute approximate surface area is 310 Å². The normalized spacial score (nSPS) is 19.4.